The lowest BCUT2D eigenvalue weighted by Crippen LogP contribution is -2.32. The molecule has 2 rings (SSSR count). The zero-order chi connectivity index (χ0) is 16.1. The molecule has 2 aromatic carbocycles. The second-order valence-electron chi connectivity index (χ2n) is 5.64. The standard InChI is InChI=1S/C18H19ClFNO/c1-12(2)18(14-5-9-16(20)10-6-14)21-17(22)11-13-3-7-15(19)8-4-13/h3-10,12,18H,11H2,1-2H3,(H,21,22). The predicted molar refractivity (Wildman–Crippen MR) is 87.3 cm³/mol. The number of nitrogens with one attached hydrogen (secondary N) is 1. The Balaban J connectivity index is 2.05. The van der Waals surface area contributed by atoms with E-state index >= 15 is 0 Å². The van der Waals surface area contributed by atoms with Crippen LogP contribution in [-0.2, 0) is 11.2 Å². The van der Waals surface area contributed by atoms with Crippen molar-refractivity contribution in [2.45, 2.75) is 26.3 Å². The van der Waals surface area contributed by atoms with Gasteiger partial charge in [-0.1, -0.05) is 49.7 Å². The highest BCUT2D eigenvalue weighted by atomic mass is 35.5. The summed E-state index contributed by atoms with van der Waals surface area (Å²) in [4.78, 5) is 12.2. The summed E-state index contributed by atoms with van der Waals surface area (Å²) in [7, 11) is 0. The first-order chi connectivity index (χ1) is 10.5. The molecular weight excluding hydrogens is 301 g/mol. The van der Waals surface area contributed by atoms with Crippen molar-refractivity contribution in [1.82, 2.24) is 5.32 Å². The molecule has 0 heterocycles. The molecule has 0 aliphatic carbocycles. The van der Waals surface area contributed by atoms with Crippen LogP contribution in [0.1, 0.15) is 31.0 Å². The summed E-state index contributed by atoms with van der Waals surface area (Å²) < 4.78 is 13.0. The van der Waals surface area contributed by atoms with Crippen molar-refractivity contribution in [3.63, 3.8) is 0 Å². The fraction of sp³-hybridized carbons (Fsp3) is 0.278. The summed E-state index contributed by atoms with van der Waals surface area (Å²) in [6, 6.07) is 13.3. The van der Waals surface area contributed by atoms with E-state index in [1.165, 1.54) is 12.1 Å². The van der Waals surface area contributed by atoms with Crippen LogP contribution in [0.5, 0.6) is 0 Å². The van der Waals surface area contributed by atoms with Gasteiger partial charge < -0.3 is 5.32 Å². The van der Waals surface area contributed by atoms with Gasteiger partial charge >= 0.3 is 0 Å². The molecule has 0 fully saturated rings. The molecule has 4 heteroatoms. The maximum Gasteiger partial charge on any atom is 0.224 e. The highest BCUT2D eigenvalue weighted by Crippen LogP contribution is 2.22. The first kappa shape index (κ1) is 16.5. The maximum absolute atomic E-state index is 13.0. The van der Waals surface area contributed by atoms with Gasteiger partial charge in [0, 0.05) is 5.02 Å². The number of rotatable bonds is 5. The summed E-state index contributed by atoms with van der Waals surface area (Å²) in [6.07, 6.45) is 0.293. The Hall–Kier alpha value is -1.87. The van der Waals surface area contributed by atoms with E-state index in [2.05, 4.69) is 5.32 Å². The van der Waals surface area contributed by atoms with E-state index in [0.717, 1.165) is 11.1 Å². The maximum atomic E-state index is 13.0. The van der Waals surface area contributed by atoms with Gasteiger partial charge in [0.05, 0.1) is 12.5 Å². The molecule has 1 amide bonds. The van der Waals surface area contributed by atoms with Gasteiger partial charge in [-0.2, -0.15) is 0 Å². The van der Waals surface area contributed by atoms with E-state index in [0.29, 0.717) is 11.4 Å². The lowest BCUT2D eigenvalue weighted by Gasteiger charge is -2.23. The molecule has 1 unspecified atom stereocenters. The Labute approximate surface area is 135 Å². The van der Waals surface area contributed by atoms with Crippen molar-refractivity contribution in [3.8, 4) is 0 Å². The summed E-state index contributed by atoms with van der Waals surface area (Å²) in [5, 5.41) is 3.67. The third-order valence-electron chi connectivity index (χ3n) is 3.49. The summed E-state index contributed by atoms with van der Waals surface area (Å²) in [6.45, 7) is 4.05. The van der Waals surface area contributed by atoms with Crippen LogP contribution in [-0.4, -0.2) is 5.91 Å². The predicted octanol–water partition coefficient (Wildman–Crippen LogP) is 4.54. The first-order valence-electron chi connectivity index (χ1n) is 7.25. The quantitative estimate of drug-likeness (QED) is 0.861. The molecule has 0 aromatic heterocycles. The minimum Gasteiger partial charge on any atom is -0.349 e. The molecular formula is C18H19ClFNO. The van der Waals surface area contributed by atoms with E-state index in [-0.39, 0.29) is 23.7 Å². The van der Waals surface area contributed by atoms with Gasteiger partial charge in [0.1, 0.15) is 5.82 Å². The van der Waals surface area contributed by atoms with Crippen LogP contribution < -0.4 is 5.32 Å². The lowest BCUT2D eigenvalue weighted by molar-refractivity contribution is -0.121. The van der Waals surface area contributed by atoms with E-state index < -0.39 is 0 Å². The van der Waals surface area contributed by atoms with Gasteiger partial charge in [0.25, 0.3) is 0 Å². The number of benzene rings is 2. The number of carbonyl (C=O) groups is 1. The Kier molecular flexibility index (Phi) is 5.56. The van der Waals surface area contributed by atoms with E-state index in [9.17, 15) is 9.18 Å². The van der Waals surface area contributed by atoms with Crippen molar-refractivity contribution in [2.75, 3.05) is 0 Å². The van der Waals surface area contributed by atoms with Crippen LogP contribution in [0.15, 0.2) is 48.5 Å². The van der Waals surface area contributed by atoms with Crippen molar-refractivity contribution >= 4 is 17.5 Å². The number of halogens is 2. The Bertz CT molecular complexity index is 623. The molecule has 1 N–H and O–H groups in total. The molecule has 1 atom stereocenters. The molecule has 116 valence electrons. The topological polar surface area (TPSA) is 29.1 Å². The molecule has 0 aliphatic rings. The van der Waals surface area contributed by atoms with Gasteiger partial charge in [0.15, 0.2) is 0 Å². The number of hydrogen-bond acceptors (Lipinski definition) is 1. The molecule has 22 heavy (non-hydrogen) atoms. The van der Waals surface area contributed by atoms with Crippen LogP contribution in [0.3, 0.4) is 0 Å². The van der Waals surface area contributed by atoms with Gasteiger partial charge in [0.2, 0.25) is 5.91 Å². The largest absolute Gasteiger partial charge is 0.349 e. The first-order valence-corrected chi connectivity index (χ1v) is 7.63. The molecule has 0 bridgehead atoms. The van der Waals surface area contributed by atoms with Crippen molar-refractivity contribution in [2.24, 2.45) is 5.92 Å². The Morgan fingerprint density at radius 3 is 2.23 bits per heavy atom. The van der Waals surface area contributed by atoms with E-state index in [1.54, 1.807) is 24.3 Å². The van der Waals surface area contributed by atoms with E-state index in [1.807, 2.05) is 26.0 Å². The third-order valence-corrected chi connectivity index (χ3v) is 3.74. The van der Waals surface area contributed by atoms with Crippen LogP contribution in [0, 0.1) is 11.7 Å². The smallest absolute Gasteiger partial charge is 0.224 e. The number of hydrogen-bond donors (Lipinski definition) is 1. The SMILES string of the molecule is CC(C)C(NC(=O)Cc1ccc(Cl)cc1)c1ccc(F)cc1. The number of amides is 1. The van der Waals surface area contributed by atoms with Gasteiger partial charge in [-0.05, 0) is 41.3 Å². The molecule has 0 radical (unpaired) electrons. The van der Waals surface area contributed by atoms with Crippen LogP contribution in [0.25, 0.3) is 0 Å². The summed E-state index contributed by atoms with van der Waals surface area (Å²) in [5.41, 5.74) is 1.81. The fourth-order valence-corrected chi connectivity index (χ4v) is 2.44. The van der Waals surface area contributed by atoms with Crippen LogP contribution in [0.2, 0.25) is 5.02 Å². The van der Waals surface area contributed by atoms with E-state index in [4.69, 9.17) is 11.6 Å². The second-order valence-corrected chi connectivity index (χ2v) is 6.08. The fourth-order valence-electron chi connectivity index (χ4n) is 2.32. The average Bonchev–Trinajstić information content (AvgIpc) is 2.48. The monoisotopic (exact) mass is 319 g/mol. The highest BCUT2D eigenvalue weighted by molar-refractivity contribution is 6.30. The second kappa shape index (κ2) is 7.41. The molecule has 2 nitrogen and oxygen atoms in total. The van der Waals surface area contributed by atoms with Gasteiger partial charge in [-0.25, -0.2) is 4.39 Å². The minimum atomic E-state index is -0.279. The highest BCUT2D eigenvalue weighted by Gasteiger charge is 2.18. The third kappa shape index (κ3) is 4.57. The van der Waals surface area contributed by atoms with Crippen molar-refractivity contribution in [1.29, 1.82) is 0 Å². The molecule has 0 spiro atoms. The summed E-state index contributed by atoms with van der Waals surface area (Å²) >= 11 is 5.84. The number of carbonyl (C=O) groups excluding carboxylic acids is 1. The average molecular weight is 320 g/mol. The molecule has 2 aromatic rings. The molecule has 0 saturated carbocycles. The Morgan fingerprint density at radius 2 is 1.68 bits per heavy atom. The summed E-state index contributed by atoms with van der Waals surface area (Å²) in [5.74, 6) is -0.135. The zero-order valence-electron chi connectivity index (χ0n) is 12.6. The normalized spacial score (nSPS) is 12.2. The van der Waals surface area contributed by atoms with Crippen LogP contribution >= 0.6 is 11.6 Å². The zero-order valence-corrected chi connectivity index (χ0v) is 13.4. The molecule has 0 saturated heterocycles. The lowest BCUT2D eigenvalue weighted by atomic mass is 9.95. The minimum absolute atomic E-state index is 0.0645. The van der Waals surface area contributed by atoms with Crippen molar-refractivity contribution < 1.29 is 9.18 Å². The van der Waals surface area contributed by atoms with Crippen molar-refractivity contribution in [3.05, 3.63) is 70.5 Å². The van der Waals surface area contributed by atoms with Gasteiger partial charge in [-0.3, -0.25) is 4.79 Å². The Morgan fingerprint density at radius 1 is 1.09 bits per heavy atom. The van der Waals surface area contributed by atoms with Crippen LogP contribution in [0.4, 0.5) is 4.39 Å². The molecule has 0 aliphatic heterocycles. The van der Waals surface area contributed by atoms with Gasteiger partial charge in [-0.15, -0.1) is 0 Å².